The molecule has 0 atom stereocenters. The van der Waals surface area contributed by atoms with Crippen molar-refractivity contribution >= 4 is 35.6 Å². The lowest BCUT2D eigenvalue weighted by molar-refractivity contribution is -0.154. The van der Waals surface area contributed by atoms with E-state index in [9.17, 15) is 13.2 Å². The first-order valence-electron chi connectivity index (χ1n) is 8.95. The van der Waals surface area contributed by atoms with Gasteiger partial charge >= 0.3 is 6.18 Å². The highest BCUT2D eigenvalue weighted by molar-refractivity contribution is 14.0. The van der Waals surface area contributed by atoms with Crippen molar-refractivity contribution in [1.82, 2.24) is 10.3 Å². The zero-order chi connectivity index (χ0) is 20.7. The summed E-state index contributed by atoms with van der Waals surface area (Å²) in [7, 11) is 1.63. The third kappa shape index (κ3) is 7.43. The fourth-order valence-electron chi connectivity index (χ4n) is 2.50. The molecule has 1 aliphatic rings. The quantitative estimate of drug-likeness (QED) is 0.341. The summed E-state index contributed by atoms with van der Waals surface area (Å²) in [6.45, 7) is 0.219. The number of aromatic nitrogens is 1. The largest absolute Gasteiger partial charge is 0.490 e. The Labute approximate surface area is 189 Å². The predicted molar refractivity (Wildman–Crippen MR) is 117 cm³/mol. The van der Waals surface area contributed by atoms with E-state index < -0.39 is 12.8 Å². The standard InChI is InChI=1S/C19H21F3N4O3.HI/c1-23-18(26-14-4-5-15-16(9-14)28-8-2-7-27-15)25-11-13-3-6-17(24-10-13)29-12-19(20,21)22;/h3-6,9-10H,2,7-8,11-12H2,1H3,(H2,23,25,26);1H. The fourth-order valence-corrected chi connectivity index (χ4v) is 2.50. The van der Waals surface area contributed by atoms with E-state index in [1.54, 1.807) is 13.1 Å². The maximum absolute atomic E-state index is 12.2. The maximum Gasteiger partial charge on any atom is 0.422 e. The summed E-state index contributed by atoms with van der Waals surface area (Å²) in [5.41, 5.74) is 1.53. The lowest BCUT2D eigenvalue weighted by Gasteiger charge is -2.14. The van der Waals surface area contributed by atoms with Gasteiger partial charge in [-0.3, -0.25) is 4.99 Å². The number of rotatable bonds is 5. The number of anilines is 1. The van der Waals surface area contributed by atoms with Crippen molar-refractivity contribution in [2.45, 2.75) is 19.1 Å². The predicted octanol–water partition coefficient (Wildman–Crippen LogP) is 3.99. The monoisotopic (exact) mass is 538 g/mol. The normalized spacial score (nSPS) is 13.7. The van der Waals surface area contributed by atoms with Gasteiger partial charge in [0.15, 0.2) is 24.1 Å². The highest BCUT2D eigenvalue weighted by Gasteiger charge is 2.28. The average molecular weight is 538 g/mol. The molecule has 0 unspecified atom stereocenters. The third-order valence-corrected chi connectivity index (χ3v) is 3.88. The minimum Gasteiger partial charge on any atom is -0.490 e. The van der Waals surface area contributed by atoms with E-state index in [-0.39, 0.29) is 29.9 Å². The lowest BCUT2D eigenvalue weighted by atomic mass is 10.2. The molecule has 7 nitrogen and oxygen atoms in total. The van der Waals surface area contributed by atoms with Crippen molar-refractivity contribution in [3.63, 3.8) is 0 Å². The average Bonchev–Trinajstić information content (AvgIpc) is 2.94. The van der Waals surface area contributed by atoms with Gasteiger partial charge in [0.05, 0.1) is 13.2 Å². The van der Waals surface area contributed by atoms with E-state index in [0.717, 1.165) is 17.7 Å². The third-order valence-electron chi connectivity index (χ3n) is 3.88. The molecule has 11 heteroatoms. The summed E-state index contributed by atoms with van der Waals surface area (Å²) < 4.78 is 52.4. The summed E-state index contributed by atoms with van der Waals surface area (Å²) in [5.74, 6) is 1.80. The molecule has 164 valence electrons. The number of ether oxygens (including phenoxy) is 3. The van der Waals surface area contributed by atoms with Crippen LogP contribution < -0.4 is 24.8 Å². The molecule has 0 aliphatic carbocycles. The Morgan fingerprint density at radius 2 is 1.93 bits per heavy atom. The van der Waals surface area contributed by atoms with Gasteiger partial charge < -0.3 is 24.8 Å². The van der Waals surface area contributed by atoms with Crippen LogP contribution in [0.15, 0.2) is 41.5 Å². The van der Waals surface area contributed by atoms with Crippen LogP contribution in [0.5, 0.6) is 17.4 Å². The molecular formula is C19H22F3IN4O3. The van der Waals surface area contributed by atoms with Gasteiger partial charge in [-0.05, 0) is 17.7 Å². The number of alkyl halides is 3. The second-order valence-corrected chi connectivity index (χ2v) is 6.17. The van der Waals surface area contributed by atoms with E-state index in [2.05, 4.69) is 25.3 Å². The van der Waals surface area contributed by atoms with E-state index in [0.29, 0.717) is 37.2 Å². The molecule has 30 heavy (non-hydrogen) atoms. The van der Waals surface area contributed by atoms with Gasteiger partial charge in [0.25, 0.3) is 0 Å². The molecule has 2 N–H and O–H groups in total. The van der Waals surface area contributed by atoms with Crippen LogP contribution in [0.4, 0.5) is 18.9 Å². The number of fused-ring (bicyclic) bond motifs is 1. The highest BCUT2D eigenvalue weighted by atomic mass is 127. The van der Waals surface area contributed by atoms with Gasteiger partial charge in [-0.25, -0.2) is 4.98 Å². The molecule has 1 aromatic heterocycles. The van der Waals surface area contributed by atoms with E-state index in [1.165, 1.54) is 12.3 Å². The van der Waals surface area contributed by atoms with Crippen LogP contribution in [0.3, 0.4) is 0 Å². The number of guanidine groups is 1. The van der Waals surface area contributed by atoms with Gasteiger partial charge in [-0.1, -0.05) is 6.07 Å². The molecule has 0 amide bonds. The van der Waals surface area contributed by atoms with Crippen molar-refractivity contribution in [2.75, 3.05) is 32.2 Å². The maximum atomic E-state index is 12.2. The number of halogens is 4. The zero-order valence-corrected chi connectivity index (χ0v) is 18.5. The van der Waals surface area contributed by atoms with Crippen LogP contribution in [0.25, 0.3) is 0 Å². The first-order chi connectivity index (χ1) is 13.9. The Hall–Kier alpha value is -2.44. The smallest absolute Gasteiger partial charge is 0.422 e. The Morgan fingerprint density at radius 3 is 2.60 bits per heavy atom. The Bertz CT molecular complexity index is 848. The molecular weight excluding hydrogens is 516 g/mol. The SMILES string of the molecule is CN=C(NCc1ccc(OCC(F)(F)F)nc1)Nc1ccc2c(c1)OCCCO2.I. The fraction of sp³-hybridized carbons (Fsp3) is 0.368. The van der Waals surface area contributed by atoms with Crippen molar-refractivity contribution in [3.8, 4) is 17.4 Å². The number of hydrogen-bond acceptors (Lipinski definition) is 5. The van der Waals surface area contributed by atoms with Gasteiger partial charge in [0.2, 0.25) is 5.88 Å². The lowest BCUT2D eigenvalue weighted by Crippen LogP contribution is -2.30. The number of pyridine rings is 1. The summed E-state index contributed by atoms with van der Waals surface area (Å²) in [6.07, 6.45) is -2.12. The number of hydrogen-bond donors (Lipinski definition) is 2. The second kappa shape index (κ2) is 11.1. The zero-order valence-electron chi connectivity index (χ0n) is 16.2. The molecule has 0 fully saturated rings. The van der Waals surface area contributed by atoms with Crippen LogP contribution in [-0.2, 0) is 6.54 Å². The van der Waals surface area contributed by atoms with Crippen molar-refractivity contribution in [3.05, 3.63) is 42.1 Å². The van der Waals surface area contributed by atoms with Crippen LogP contribution in [0, 0.1) is 0 Å². The van der Waals surface area contributed by atoms with Crippen LogP contribution >= 0.6 is 24.0 Å². The van der Waals surface area contributed by atoms with Crippen LogP contribution in [-0.4, -0.2) is 44.0 Å². The molecule has 0 saturated carbocycles. The Kier molecular flexibility index (Phi) is 8.81. The molecule has 3 rings (SSSR count). The molecule has 2 heterocycles. The van der Waals surface area contributed by atoms with Crippen molar-refractivity contribution in [1.29, 1.82) is 0 Å². The summed E-state index contributed by atoms with van der Waals surface area (Å²) in [4.78, 5) is 8.03. The molecule has 0 saturated heterocycles. The summed E-state index contributed by atoms with van der Waals surface area (Å²) in [5, 5.41) is 6.26. The van der Waals surface area contributed by atoms with Crippen LogP contribution in [0.1, 0.15) is 12.0 Å². The first kappa shape index (κ1) is 23.8. The van der Waals surface area contributed by atoms with E-state index in [1.807, 2.05) is 18.2 Å². The molecule has 1 aliphatic heterocycles. The Balaban J connectivity index is 0.00000320. The van der Waals surface area contributed by atoms with Gasteiger partial charge in [-0.15, -0.1) is 24.0 Å². The number of nitrogens with zero attached hydrogens (tertiary/aromatic N) is 2. The van der Waals surface area contributed by atoms with Crippen molar-refractivity contribution in [2.24, 2.45) is 4.99 Å². The number of nitrogens with one attached hydrogen (secondary N) is 2. The van der Waals surface area contributed by atoms with E-state index in [4.69, 9.17) is 9.47 Å². The van der Waals surface area contributed by atoms with Gasteiger partial charge in [0, 0.05) is 44.0 Å². The second-order valence-electron chi connectivity index (χ2n) is 6.17. The molecule has 0 radical (unpaired) electrons. The molecule has 2 aromatic rings. The van der Waals surface area contributed by atoms with Crippen LogP contribution in [0.2, 0.25) is 0 Å². The summed E-state index contributed by atoms with van der Waals surface area (Å²) in [6, 6.07) is 8.55. The minimum absolute atomic E-state index is 0. The van der Waals surface area contributed by atoms with Gasteiger partial charge in [0.1, 0.15) is 0 Å². The number of aliphatic imine (C=N–C) groups is 1. The Morgan fingerprint density at radius 1 is 1.17 bits per heavy atom. The van der Waals surface area contributed by atoms with E-state index >= 15 is 0 Å². The van der Waals surface area contributed by atoms with Gasteiger partial charge in [-0.2, -0.15) is 13.2 Å². The van der Waals surface area contributed by atoms with Crippen molar-refractivity contribution < 1.29 is 27.4 Å². The topological polar surface area (TPSA) is 77.0 Å². The molecule has 1 aromatic carbocycles. The first-order valence-corrected chi connectivity index (χ1v) is 8.95. The highest BCUT2D eigenvalue weighted by Crippen LogP contribution is 2.32. The molecule has 0 spiro atoms. The number of benzene rings is 1. The minimum atomic E-state index is -4.40. The summed E-state index contributed by atoms with van der Waals surface area (Å²) >= 11 is 0. The molecule has 0 bridgehead atoms.